The Morgan fingerprint density at radius 1 is 1.36 bits per heavy atom. The minimum atomic E-state index is -0.722. The Bertz CT molecular complexity index is 867. The van der Waals surface area contributed by atoms with Crippen molar-refractivity contribution in [2.24, 2.45) is 23.7 Å². The summed E-state index contributed by atoms with van der Waals surface area (Å²) in [6.07, 6.45) is 1.31. The highest BCUT2D eigenvalue weighted by Crippen LogP contribution is 2.57. The fourth-order valence-corrected chi connectivity index (χ4v) is 4.65. The summed E-state index contributed by atoms with van der Waals surface area (Å²) in [5, 5.41) is 13.5. The number of nitro benzene ring substituents is 1. The molecule has 1 aromatic carbocycles. The van der Waals surface area contributed by atoms with Crippen LogP contribution in [0.25, 0.3) is 0 Å². The number of anilines is 1. The van der Waals surface area contributed by atoms with Crippen LogP contribution in [0.15, 0.2) is 18.2 Å². The van der Waals surface area contributed by atoms with Gasteiger partial charge >= 0.3 is 11.9 Å². The van der Waals surface area contributed by atoms with E-state index in [9.17, 15) is 24.5 Å². The van der Waals surface area contributed by atoms with E-state index in [1.165, 1.54) is 25.3 Å². The van der Waals surface area contributed by atoms with Crippen molar-refractivity contribution in [3.8, 4) is 5.75 Å². The molecule has 2 bridgehead atoms. The fraction of sp³-hybridized carbons (Fsp3) is 0.500. The zero-order valence-electron chi connectivity index (χ0n) is 15.0. The number of rotatable bonds is 6. The molecule has 0 radical (unpaired) electrons. The molecular weight excluding hydrogens is 372 g/mol. The predicted octanol–water partition coefficient (Wildman–Crippen LogP) is 1.28. The fourth-order valence-electron chi connectivity index (χ4n) is 4.65. The topological polar surface area (TPSA) is 134 Å². The summed E-state index contributed by atoms with van der Waals surface area (Å²) in [6.45, 7) is -0.605. The highest BCUT2D eigenvalue weighted by atomic mass is 16.6. The van der Waals surface area contributed by atoms with Crippen LogP contribution >= 0.6 is 0 Å². The number of nitrogens with one attached hydrogen (secondary N) is 1. The van der Waals surface area contributed by atoms with Gasteiger partial charge in [0.15, 0.2) is 6.61 Å². The summed E-state index contributed by atoms with van der Waals surface area (Å²) in [6, 6.07) is 3.91. The number of carbonyl (C=O) groups excluding carboxylic acids is 3. The third-order valence-electron chi connectivity index (χ3n) is 5.78. The van der Waals surface area contributed by atoms with Crippen molar-refractivity contribution < 1.29 is 33.5 Å². The van der Waals surface area contributed by atoms with E-state index < -0.39 is 35.2 Å². The van der Waals surface area contributed by atoms with Crippen LogP contribution in [0, 0.1) is 33.8 Å². The van der Waals surface area contributed by atoms with Crippen LogP contribution in [0.1, 0.15) is 12.8 Å². The highest BCUT2D eigenvalue weighted by molar-refractivity contribution is 5.95. The number of hydrogen-bond acceptors (Lipinski definition) is 8. The van der Waals surface area contributed by atoms with Gasteiger partial charge in [-0.1, -0.05) is 0 Å². The van der Waals surface area contributed by atoms with Crippen LogP contribution in [-0.2, 0) is 23.9 Å². The van der Waals surface area contributed by atoms with E-state index in [2.05, 4.69) is 5.32 Å². The van der Waals surface area contributed by atoms with Crippen LogP contribution in [0.2, 0.25) is 0 Å². The molecule has 0 aromatic heterocycles. The van der Waals surface area contributed by atoms with Crippen molar-refractivity contribution in [3.63, 3.8) is 0 Å². The third kappa shape index (κ3) is 2.94. The molecule has 1 heterocycles. The number of ether oxygens (including phenoxy) is 3. The SMILES string of the molecule is COc1ccc([N+](=O)[O-])c(NC(=O)COC(=O)[C@H]2[C@@H]3C[C@H]4[C@@H]2C(=O)O[C@@H]4C3)c1. The lowest BCUT2D eigenvalue weighted by atomic mass is 9.80. The van der Waals surface area contributed by atoms with E-state index in [4.69, 9.17) is 14.2 Å². The number of amides is 1. The van der Waals surface area contributed by atoms with Crippen LogP contribution in [0.4, 0.5) is 11.4 Å². The first-order chi connectivity index (χ1) is 13.4. The molecular formula is C18H18N2O8. The standard InChI is InChI=1S/C18H18N2O8/c1-26-9-2-3-12(20(24)25)11(6-9)19-14(21)7-27-17(22)15-8-4-10-13(5-8)28-18(23)16(10)15/h2-3,6,8,10,13,15-16H,4-5,7H2,1H3,(H,19,21)/t8-,10-,13-,15+,16+/m1/s1. The van der Waals surface area contributed by atoms with E-state index in [-0.39, 0.29) is 35.3 Å². The van der Waals surface area contributed by atoms with E-state index >= 15 is 0 Å². The molecule has 2 aliphatic carbocycles. The van der Waals surface area contributed by atoms with Gasteiger partial charge in [-0.2, -0.15) is 0 Å². The molecule has 10 nitrogen and oxygen atoms in total. The van der Waals surface area contributed by atoms with Crippen LogP contribution in [-0.4, -0.2) is 42.6 Å². The molecule has 10 heteroatoms. The van der Waals surface area contributed by atoms with Crippen molar-refractivity contribution in [2.75, 3.05) is 19.0 Å². The zero-order valence-corrected chi connectivity index (χ0v) is 15.0. The Kier molecular flexibility index (Phi) is 4.40. The molecule has 1 aromatic rings. The number of esters is 2. The van der Waals surface area contributed by atoms with E-state index in [0.717, 1.165) is 6.42 Å². The molecule has 4 rings (SSSR count). The number of nitrogens with zero attached hydrogens (tertiary/aromatic N) is 1. The first kappa shape index (κ1) is 18.2. The minimum Gasteiger partial charge on any atom is -0.497 e. The number of methoxy groups -OCH3 is 1. The summed E-state index contributed by atoms with van der Waals surface area (Å²) in [7, 11) is 1.39. The van der Waals surface area contributed by atoms with Crippen molar-refractivity contribution in [3.05, 3.63) is 28.3 Å². The van der Waals surface area contributed by atoms with Crippen molar-refractivity contribution >= 4 is 29.2 Å². The first-order valence-corrected chi connectivity index (χ1v) is 8.88. The van der Waals surface area contributed by atoms with Gasteiger partial charge in [-0.3, -0.25) is 24.5 Å². The lowest BCUT2D eigenvalue weighted by molar-refractivity contribution is -0.383. The van der Waals surface area contributed by atoms with Gasteiger partial charge in [0.1, 0.15) is 17.5 Å². The second-order valence-electron chi connectivity index (χ2n) is 7.22. The maximum absolute atomic E-state index is 12.5. The number of benzene rings is 1. The Morgan fingerprint density at radius 2 is 2.14 bits per heavy atom. The number of nitro groups is 1. The molecule has 0 spiro atoms. The van der Waals surface area contributed by atoms with Crippen LogP contribution < -0.4 is 10.1 Å². The molecule has 1 amide bonds. The molecule has 1 aliphatic heterocycles. The number of hydrogen-bond donors (Lipinski definition) is 1. The van der Waals surface area contributed by atoms with E-state index in [1.54, 1.807) is 0 Å². The Hall–Kier alpha value is -3.17. The van der Waals surface area contributed by atoms with Gasteiger partial charge in [-0.25, -0.2) is 0 Å². The van der Waals surface area contributed by atoms with Gasteiger partial charge in [0.2, 0.25) is 0 Å². The van der Waals surface area contributed by atoms with Gasteiger partial charge in [0.05, 0.1) is 23.9 Å². The molecule has 0 unspecified atom stereocenters. The van der Waals surface area contributed by atoms with Gasteiger partial charge < -0.3 is 19.5 Å². The van der Waals surface area contributed by atoms with Gasteiger partial charge in [0.25, 0.3) is 11.6 Å². The second kappa shape index (κ2) is 6.77. The zero-order chi connectivity index (χ0) is 20.0. The molecule has 5 atom stereocenters. The van der Waals surface area contributed by atoms with Gasteiger partial charge in [-0.15, -0.1) is 0 Å². The van der Waals surface area contributed by atoms with Crippen molar-refractivity contribution in [2.45, 2.75) is 18.9 Å². The average Bonchev–Trinajstić information content (AvgIpc) is 3.28. The monoisotopic (exact) mass is 390 g/mol. The second-order valence-corrected chi connectivity index (χ2v) is 7.22. The lowest BCUT2D eigenvalue weighted by Gasteiger charge is -2.22. The smallest absolute Gasteiger partial charge is 0.310 e. The molecule has 148 valence electrons. The molecule has 3 aliphatic rings. The maximum atomic E-state index is 12.5. The summed E-state index contributed by atoms with van der Waals surface area (Å²) in [5.41, 5.74) is -0.374. The molecule has 1 N–H and O–H groups in total. The summed E-state index contributed by atoms with van der Waals surface area (Å²) in [4.78, 5) is 47.0. The maximum Gasteiger partial charge on any atom is 0.310 e. The normalized spacial score (nSPS) is 29.3. The Balaban J connectivity index is 1.38. The largest absolute Gasteiger partial charge is 0.497 e. The molecule has 2 saturated carbocycles. The van der Waals surface area contributed by atoms with Crippen LogP contribution in [0.3, 0.4) is 0 Å². The quantitative estimate of drug-likeness (QED) is 0.436. The van der Waals surface area contributed by atoms with Crippen LogP contribution in [0.5, 0.6) is 5.75 Å². The molecule has 3 fully saturated rings. The average molecular weight is 390 g/mol. The summed E-state index contributed by atoms with van der Waals surface area (Å²) < 4.78 is 15.4. The summed E-state index contributed by atoms with van der Waals surface area (Å²) in [5.74, 6) is -2.36. The number of carbonyl (C=O) groups is 3. The Labute approximate surface area is 159 Å². The van der Waals surface area contributed by atoms with Gasteiger partial charge in [-0.05, 0) is 24.8 Å². The van der Waals surface area contributed by atoms with Crippen molar-refractivity contribution in [1.29, 1.82) is 0 Å². The minimum absolute atomic E-state index is 0.0292. The molecule has 28 heavy (non-hydrogen) atoms. The predicted molar refractivity (Wildman–Crippen MR) is 92.3 cm³/mol. The first-order valence-electron chi connectivity index (χ1n) is 8.88. The van der Waals surface area contributed by atoms with E-state index in [1.807, 2.05) is 0 Å². The van der Waals surface area contributed by atoms with Crippen molar-refractivity contribution in [1.82, 2.24) is 0 Å². The lowest BCUT2D eigenvalue weighted by Crippen LogP contribution is -2.35. The van der Waals surface area contributed by atoms with E-state index in [0.29, 0.717) is 12.2 Å². The highest BCUT2D eigenvalue weighted by Gasteiger charge is 2.64. The van der Waals surface area contributed by atoms with Gasteiger partial charge in [0, 0.05) is 18.1 Å². The Morgan fingerprint density at radius 3 is 2.86 bits per heavy atom. The number of fused-ring (bicyclic) bond motifs is 1. The third-order valence-corrected chi connectivity index (χ3v) is 5.78. The summed E-state index contributed by atoms with van der Waals surface area (Å²) >= 11 is 0. The molecule has 1 saturated heterocycles.